The monoisotopic (exact) mass is 332 g/mol. The molecule has 0 aromatic heterocycles. The second-order valence-electron chi connectivity index (χ2n) is 5.47. The molecule has 0 atom stereocenters. The first-order valence-corrected chi connectivity index (χ1v) is 9.71. The summed E-state index contributed by atoms with van der Waals surface area (Å²) < 4.78 is 41.0. The highest BCUT2D eigenvalue weighted by Crippen LogP contribution is 2.28. The number of benzene rings is 1. The summed E-state index contributed by atoms with van der Waals surface area (Å²) in [5, 5.41) is 0.620. The van der Waals surface area contributed by atoms with Gasteiger partial charge in [-0.25, -0.2) is 17.5 Å². The molecule has 1 fully saturated rings. The van der Waals surface area contributed by atoms with Gasteiger partial charge in [0.2, 0.25) is 10.0 Å². The Hall–Kier alpha value is -0.790. The van der Waals surface area contributed by atoms with Gasteiger partial charge in [-0.05, 0) is 56.6 Å². The molecule has 0 heterocycles. The molecule has 0 aliphatic heterocycles. The van der Waals surface area contributed by atoms with Gasteiger partial charge in [-0.1, -0.05) is 0 Å². The Morgan fingerprint density at radius 2 is 1.90 bits per heavy atom. The van der Waals surface area contributed by atoms with Crippen molar-refractivity contribution in [3.05, 3.63) is 23.5 Å². The third kappa shape index (κ3) is 3.90. The smallest absolute Gasteiger partial charge is 0.240 e. The number of rotatable bonds is 4. The van der Waals surface area contributed by atoms with Gasteiger partial charge in [-0.2, -0.15) is 11.8 Å². The molecule has 1 aromatic rings. The first-order chi connectivity index (χ1) is 9.83. The fraction of sp³-hybridized carbons (Fsp3) is 0.571. The minimum Gasteiger partial charge on any atom is -0.396 e. The molecule has 0 spiro atoms. The van der Waals surface area contributed by atoms with Crippen LogP contribution in [-0.2, 0) is 10.0 Å². The van der Waals surface area contributed by atoms with E-state index in [1.54, 1.807) is 0 Å². The van der Waals surface area contributed by atoms with Crippen molar-refractivity contribution in [3.8, 4) is 0 Å². The van der Waals surface area contributed by atoms with E-state index >= 15 is 0 Å². The lowest BCUT2D eigenvalue weighted by Gasteiger charge is -2.27. The highest BCUT2D eigenvalue weighted by Gasteiger charge is 2.26. The molecule has 7 heteroatoms. The zero-order valence-corrected chi connectivity index (χ0v) is 13.9. The predicted octanol–water partition coefficient (Wildman–Crippen LogP) is 2.67. The first-order valence-electron chi connectivity index (χ1n) is 6.94. The van der Waals surface area contributed by atoms with E-state index < -0.39 is 15.8 Å². The molecule has 1 aromatic carbocycles. The fourth-order valence-electron chi connectivity index (χ4n) is 2.62. The standard InChI is InChI=1S/C14H21FN2O2S2/c1-9-7-12(8-13(16)14(9)15)21(18,19)17-10-3-5-11(20-2)6-4-10/h7-8,10-11,17H,3-6,16H2,1-2H3. The van der Waals surface area contributed by atoms with Crippen LogP contribution in [0.1, 0.15) is 31.2 Å². The van der Waals surface area contributed by atoms with Crippen LogP contribution in [-0.4, -0.2) is 26.0 Å². The largest absolute Gasteiger partial charge is 0.396 e. The number of hydrogen-bond donors (Lipinski definition) is 2. The van der Waals surface area contributed by atoms with E-state index in [1.807, 2.05) is 11.8 Å². The van der Waals surface area contributed by atoms with Gasteiger partial charge < -0.3 is 5.73 Å². The number of anilines is 1. The van der Waals surface area contributed by atoms with Gasteiger partial charge >= 0.3 is 0 Å². The molecule has 0 amide bonds. The summed E-state index contributed by atoms with van der Waals surface area (Å²) >= 11 is 1.83. The van der Waals surface area contributed by atoms with E-state index in [0.29, 0.717) is 5.25 Å². The fourth-order valence-corrected chi connectivity index (χ4v) is 4.79. The molecule has 21 heavy (non-hydrogen) atoms. The average Bonchev–Trinajstić information content (AvgIpc) is 2.44. The second-order valence-corrected chi connectivity index (χ2v) is 8.33. The molecule has 2 rings (SSSR count). The molecular formula is C14H21FN2O2S2. The number of nitrogens with two attached hydrogens (primary N) is 1. The van der Waals surface area contributed by atoms with Crippen molar-refractivity contribution in [3.63, 3.8) is 0 Å². The molecule has 1 aliphatic carbocycles. The Kier molecular flexibility index (Phi) is 5.16. The topological polar surface area (TPSA) is 72.2 Å². The summed E-state index contributed by atoms with van der Waals surface area (Å²) in [6.07, 6.45) is 5.78. The lowest BCUT2D eigenvalue weighted by molar-refractivity contribution is 0.420. The van der Waals surface area contributed by atoms with E-state index in [9.17, 15) is 12.8 Å². The van der Waals surface area contributed by atoms with E-state index in [1.165, 1.54) is 19.1 Å². The number of sulfonamides is 1. The molecule has 1 saturated carbocycles. The number of halogens is 1. The third-order valence-corrected chi connectivity index (χ3v) is 6.53. The second kappa shape index (κ2) is 6.54. The number of aryl methyl sites for hydroxylation is 1. The van der Waals surface area contributed by atoms with Crippen LogP contribution in [0.15, 0.2) is 17.0 Å². The third-order valence-electron chi connectivity index (χ3n) is 3.90. The quantitative estimate of drug-likeness (QED) is 0.832. The zero-order valence-electron chi connectivity index (χ0n) is 12.2. The summed E-state index contributed by atoms with van der Waals surface area (Å²) in [5.41, 5.74) is 5.62. The van der Waals surface area contributed by atoms with Crippen molar-refractivity contribution >= 4 is 27.5 Å². The Balaban J connectivity index is 2.12. The minimum atomic E-state index is -3.65. The molecule has 1 aliphatic rings. The highest BCUT2D eigenvalue weighted by molar-refractivity contribution is 7.99. The van der Waals surface area contributed by atoms with Crippen molar-refractivity contribution in [2.45, 2.75) is 48.8 Å². The molecular weight excluding hydrogens is 311 g/mol. The summed E-state index contributed by atoms with van der Waals surface area (Å²) in [6.45, 7) is 1.51. The summed E-state index contributed by atoms with van der Waals surface area (Å²) in [6, 6.07) is 2.45. The van der Waals surface area contributed by atoms with Crippen molar-refractivity contribution < 1.29 is 12.8 Å². The van der Waals surface area contributed by atoms with E-state index in [0.717, 1.165) is 25.7 Å². The van der Waals surface area contributed by atoms with E-state index in [2.05, 4.69) is 11.0 Å². The van der Waals surface area contributed by atoms with Crippen LogP contribution in [0, 0.1) is 12.7 Å². The van der Waals surface area contributed by atoms with Crippen LogP contribution in [0.2, 0.25) is 0 Å². The molecule has 3 N–H and O–H groups in total. The Morgan fingerprint density at radius 1 is 1.29 bits per heavy atom. The lowest BCUT2D eigenvalue weighted by atomic mass is 9.96. The summed E-state index contributed by atoms with van der Waals surface area (Å²) in [4.78, 5) is 0.0332. The maximum Gasteiger partial charge on any atom is 0.240 e. The van der Waals surface area contributed by atoms with Crippen LogP contribution >= 0.6 is 11.8 Å². The van der Waals surface area contributed by atoms with Gasteiger partial charge in [0.15, 0.2) is 0 Å². The van der Waals surface area contributed by atoms with Gasteiger partial charge in [-0.15, -0.1) is 0 Å². The van der Waals surface area contributed by atoms with E-state index in [-0.39, 0.29) is 22.2 Å². The van der Waals surface area contributed by atoms with Crippen LogP contribution in [0.25, 0.3) is 0 Å². The number of thioether (sulfide) groups is 1. The Bertz CT molecular complexity index is 588. The van der Waals surface area contributed by atoms with E-state index in [4.69, 9.17) is 5.73 Å². The van der Waals surface area contributed by atoms with Crippen LogP contribution in [0.3, 0.4) is 0 Å². The number of hydrogen-bond acceptors (Lipinski definition) is 4. The maximum atomic E-state index is 13.5. The average molecular weight is 332 g/mol. The Labute approximate surface area is 129 Å². The lowest BCUT2D eigenvalue weighted by Crippen LogP contribution is -2.38. The van der Waals surface area contributed by atoms with Crippen LogP contribution < -0.4 is 10.5 Å². The normalized spacial score (nSPS) is 23.2. The van der Waals surface area contributed by atoms with Gasteiger partial charge in [0.25, 0.3) is 0 Å². The highest BCUT2D eigenvalue weighted by atomic mass is 32.2. The van der Waals surface area contributed by atoms with Gasteiger partial charge in [-0.3, -0.25) is 0 Å². The first kappa shape index (κ1) is 16.6. The molecule has 0 radical (unpaired) electrons. The molecule has 0 saturated heterocycles. The van der Waals surface area contributed by atoms with Gasteiger partial charge in [0.05, 0.1) is 10.6 Å². The maximum absolute atomic E-state index is 13.5. The van der Waals surface area contributed by atoms with Gasteiger partial charge in [0, 0.05) is 11.3 Å². The number of nitrogen functional groups attached to an aromatic ring is 1. The van der Waals surface area contributed by atoms with Crippen molar-refractivity contribution in [2.75, 3.05) is 12.0 Å². The predicted molar refractivity (Wildman–Crippen MR) is 85.4 cm³/mol. The van der Waals surface area contributed by atoms with Crippen LogP contribution in [0.5, 0.6) is 0 Å². The summed E-state index contributed by atoms with van der Waals surface area (Å²) in [7, 11) is -3.65. The molecule has 0 unspecified atom stereocenters. The van der Waals surface area contributed by atoms with Gasteiger partial charge in [0.1, 0.15) is 5.82 Å². The van der Waals surface area contributed by atoms with Crippen molar-refractivity contribution in [1.82, 2.24) is 4.72 Å². The molecule has 4 nitrogen and oxygen atoms in total. The van der Waals surface area contributed by atoms with Crippen molar-refractivity contribution in [2.24, 2.45) is 0 Å². The zero-order chi connectivity index (χ0) is 15.6. The molecule has 118 valence electrons. The summed E-state index contributed by atoms with van der Waals surface area (Å²) in [5.74, 6) is -0.561. The molecule has 0 bridgehead atoms. The Morgan fingerprint density at radius 3 is 2.43 bits per heavy atom. The number of nitrogens with one attached hydrogen (secondary N) is 1. The van der Waals surface area contributed by atoms with Crippen molar-refractivity contribution in [1.29, 1.82) is 0 Å². The van der Waals surface area contributed by atoms with Crippen LogP contribution in [0.4, 0.5) is 10.1 Å². The SMILES string of the molecule is CSC1CCC(NS(=O)(=O)c2cc(C)c(F)c(N)c2)CC1. The minimum absolute atomic E-state index is 0.0332.